The number of furan rings is 1. The predicted molar refractivity (Wildman–Crippen MR) is 117 cm³/mol. The summed E-state index contributed by atoms with van der Waals surface area (Å²) in [6.07, 6.45) is 7.36. The predicted octanol–water partition coefficient (Wildman–Crippen LogP) is 3.01. The van der Waals surface area contributed by atoms with E-state index in [9.17, 15) is 13.2 Å². The second-order valence-electron chi connectivity index (χ2n) is 8.77. The van der Waals surface area contributed by atoms with Gasteiger partial charge in [0.2, 0.25) is 15.9 Å². The van der Waals surface area contributed by atoms with Crippen LogP contribution in [-0.2, 0) is 27.8 Å². The van der Waals surface area contributed by atoms with Crippen LogP contribution in [0.1, 0.15) is 43.4 Å². The van der Waals surface area contributed by atoms with E-state index in [0.29, 0.717) is 43.7 Å². The van der Waals surface area contributed by atoms with Crippen molar-refractivity contribution in [2.24, 2.45) is 0 Å². The normalized spacial score (nSPS) is 19.7. The molecule has 0 radical (unpaired) electrons. The number of sulfonamides is 1. The maximum Gasteiger partial charge on any atom is 0.243 e. The highest BCUT2D eigenvalue weighted by molar-refractivity contribution is 7.89. The molecule has 3 aliphatic rings. The third kappa shape index (κ3) is 4.29. The molecule has 2 fully saturated rings. The van der Waals surface area contributed by atoms with Crippen LogP contribution < -0.4 is 4.90 Å². The van der Waals surface area contributed by atoms with E-state index in [4.69, 9.17) is 4.42 Å². The molecule has 1 amide bonds. The fourth-order valence-corrected chi connectivity index (χ4v) is 6.25. The Kier molecular flexibility index (Phi) is 5.62. The highest BCUT2D eigenvalue weighted by Crippen LogP contribution is 2.33. The Balaban J connectivity index is 1.34. The molecule has 166 valence electrons. The summed E-state index contributed by atoms with van der Waals surface area (Å²) in [5, 5.41) is 0. The smallest absolute Gasteiger partial charge is 0.243 e. The van der Waals surface area contributed by atoms with Crippen LogP contribution in [0.3, 0.4) is 0 Å². The van der Waals surface area contributed by atoms with Crippen molar-refractivity contribution in [2.45, 2.75) is 56.0 Å². The summed E-state index contributed by atoms with van der Waals surface area (Å²) in [6.45, 7) is 2.84. The van der Waals surface area contributed by atoms with Gasteiger partial charge in [0.25, 0.3) is 0 Å². The quantitative estimate of drug-likeness (QED) is 0.658. The van der Waals surface area contributed by atoms with Gasteiger partial charge in [-0.25, -0.2) is 8.42 Å². The number of fused-ring (bicyclic) bond motifs is 1. The van der Waals surface area contributed by atoms with Gasteiger partial charge in [-0.2, -0.15) is 4.31 Å². The number of carbonyl (C=O) groups is 1. The summed E-state index contributed by atoms with van der Waals surface area (Å²) >= 11 is 0. The molecule has 31 heavy (non-hydrogen) atoms. The van der Waals surface area contributed by atoms with Crippen LogP contribution in [0, 0.1) is 0 Å². The maximum absolute atomic E-state index is 13.3. The fourth-order valence-electron chi connectivity index (χ4n) is 4.69. The monoisotopic (exact) mass is 443 g/mol. The first-order valence-corrected chi connectivity index (χ1v) is 12.7. The third-order valence-electron chi connectivity index (χ3n) is 6.51. The molecule has 3 heterocycles. The van der Waals surface area contributed by atoms with Gasteiger partial charge in [-0.1, -0.05) is 0 Å². The number of benzene rings is 1. The van der Waals surface area contributed by atoms with Gasteiger partial charge >= 0.3 is 0 Å². The molecule has 0 N–H and O–H groups in total. The Labute approximate surface area is 183 Å². The Morgan fingerprint density at radius 2 is 1.90 bits per heavy atom. The fraction of sp³-hybridized carbons (Fsp3) is 0.522. The molecule has 1 aromatic heterocycles. The molecule has 1 saturated heterocycles. The highest BCUT2D eigenvalue weighted by atomic mass is 32.2. The standard InChI is InChI=1S/C23H29N3O4S/c27-23(17-24(19-7-8-19)16-20-6-4-14-30-20)26-13-3-5-18-15-21(9-10-22(18)26)31(28,29)25-11-1-2-12-25/h4,6,9-10,14-15,19H,1-3,5,7-8,11-13,16-17H2. The molecular formula is C23H29N3O4S. The van der Waals surface area contributed by atoms with Crippen molar-refractivity contribution in [1.82, 2.24) is 9.21 Å². The molecular weight excluding hydrogens is 414 g/mol. The minimum Gasteiger partial charge on any atom is -0.468 e. The van der Waals surface area contributed by atoms with E-state index < -0.39 is 10.0 Å². The molecule has 0 bridgehead atoms. The molecule has 1 aliphatic carbocycles. The largest absolute Gasteiger partial charge is 0.468 e. The lowest BCUT2D eigenvalue weighted by molar-refractivity contribution is -0.120. The van der Waals surface area contributed by atoms with Crippen molar-refractivity contribution < 1.29 is 17.6 Å². The van der Waals surface area contributed by atoms with E-state index in [-0.39, 0.29) is 5.91 Å². The van der Waals surface area contributed by atoms with Crippen LogP contribution in [0.2, 0.25) is 0 Å². The number of nitrogens with zero attached hydrogens (tertiary/aromatic N) is 3. The minimum atomic E-state index is -3.45. The van der Waals surface area contributed by atoms with Crippen molar-refractivity contribution in [1.29, 1.82) is 0 Å². The van der Waals surface area contributed by atoms with Gasteiger partial charge in [0, 0.05) is 31.4 Å². The average molecular weight is 444 g/mol. The average Bonchev–Trinajstić information content (AvgIpc) is 3.23. The first kappa shape index (κ1) is 20.7. The van der Waals surface area contributed by atoms with Gasteiger partial charge in [0.1, 0.15) is 5.76 Å². The molecule has 2 aromatic rings. The topological polar surface area (TPSA) is 74.1 Å². The number of rotatable bonds is 7. The summed E-state index contributed by atoms with van der Waals surface area (Å²) in [5.74, 6) is 0.935. The molecule has 8 heteroatoms. The van der Waals surface area contributed by atoms with Crippen molar-refractivity contribution in [3.05, 3.63) is 47.9 Å². The van der Waals surface area contributed by atoms with Crippen LogP contribution >= 0.6 is 0 Å². The lowest BCUT2D eigenvalue weighted by atomic mass is 10.0. The number of anilines is 1. The molecule has 2 aliphatic heterocycles. The number of hydrogen-bond donors (Lipinski definition) is 0. The van der Waals surface area contributed by atoms with E-state index in [1.807, 2.05) is 23.1 Å². The van der Waals surface area contributed by atoms with Gasteiger partial charge in [-0.3, -0.25) is 9.69 Å². The first-order chi connectivity index (χ1) is 15.0. The second-order valence-corrected chi connectivity index (χ2v) is 10.7. The lowest BCUT2D eigenvalue weighted by Crippen LogP contribution is -2.43. The molecule has 5 rings (SSSR count). The zero-order valence-electron chi connectivity index (χ0n) is 17.7. The van der Waals surface area contributed by atoms with Crippen molar-refractivity contribution >= 4 is 21.6 Å². The van der Waals surface area contributed by atoms with Gasteiger partial charge in [0.05, 0.1) is 24.2 Å². The van der Waals surface area contributed by atoms with Crippen LogP contribution in [-0.4, -0.2) is 55.8 Å². The van der Waals surface area contributed by atoms with Crippen molar-refractivity contribution in [2.75, 3.05) is 31.1 Å². The van der Waals surface area contributed by atoms with Gasteiger partial charge in [-0.15, -0.1) is 0 Å². The van der Waals surface area contributed by atoms with Crippen LogP contribution in [0.5, 0.6) is 0 Å². The zero-order valence-corrected chi connectivity index (χ0v) is 18.5. The van der Waals surface area contributed by atoms with E-state index in [1.54, 1.807) is 22.7 Å². The van der Waals surface area contributed by atoms with Crippen LogP contribution in [0.15, 0.2) is 45.9 Å². The molecule has 0 atom stereocenters. The zero-order chi connectivity index (χ0) is 21.4. The van der Waals surface area contributed by atoms with E-state index >= 15 is 0 Å². The van der Waals surface area contributed by atoms with Crippen LogP contribution in [0.4, 0.5) is 5.69 Å². The summed E-state index contributed by atoms with van der Waals surface area (Å²) in [7, 11) is -3.45. The van der Waals surface area contributed by atoms with E-state index in [0.717, 1.165) is 55.5 Å². The van der Waals surface area contributed by atoms with Crippen molar-refractivity contribution in [3.8, 4) is 0 Å². The van der Waals surface area contributed by atoms with Crippen LogP contribution in [0.25, 0.3) is 0 Å². The van der Waals surface area contributed by atoms with Gasteiger partial charge in [-0.05, 0) is 74.4 Å². The number of hydrogen-bond acceptors (Lipinski definition) is 5. The summed E-state index contributed by atoms with van der Waals surface area (Å²) in [5.41, 5.74) is 1.80. The molecule has 7 nitrogen and oxygen atoms in total. The Morgan fingerprint density at radius 1 is 1.10 bits per heavy atom. The molecule has 0 unspecified atom stereocenters. The van der Waals surface area contributed by atoms with E-state index in [2.05, 4.69) is 4.90 Å². The van der Waals surface area contributed by atoms with Crippen molar-refractivity contribution in [3.63, 3.8) is 0 Å². The molecule has 0 spiro atoms. The Morgan fingerprint density at radius 3 is 2.61 bits per heavy atom. The minimum absolute atomic E-state index is 0.0644. The van der Waals surface area contributed by atoms with E-state index in [1.165, 1.54) is 0 Å². The number of carbonyl (C=O) groups excluding carboxylic acids is 1. The highest BCUT2D eigenvalue weighted by Gasteiger charge is 2.34. The first-order valence-electron chi connectivity index (χ1n) is 11.2. The van der Waals surface area contributed by atoms with Gasteiger partial charge in [0.15, 0.2) is 0 Å². The number of amides is 1. The summed E-state index contributed by atoms with van der Waals surface area (Å²) in [6, 6.07) is 9.52. The summed E-state index contributed by atoms with van der Waals surface area (Å²) in [4.78, 5) is 17.6. The number of aryl methyl sites for hydroxylation is 1. The SMILES string of the molecule is O=C(CN(Cc1ccco1)C1CC1)N1CCCc2cc(S(=O)(=O)N3CCCC3)ccc21. The lowest BCUT2D eigenvalue weighted by Gasteiger charge is -2.32. The summed E-state index contributed by atoms with van der Waals surface area (Å²) < 4.78 is 32.9. The van der Waals surface area contributed by atoms with Gasteiger partial charge < -0.3 is 9.32 Å². The Hall–Kier alpha value is -2.16. The second kappa shape index (κ2) is 8.41. The molecule has 1 saturated carbocycles. The molecule has 1 aromatic carbocycles. The maximum atomic E-state index is 13.3. The third-order valence-corrected chi connectivity index (χ3v) is 8.41. The Bertz CT molecular complexity index is 1040.